The van der Waals surface area contributed by atoms with Crippen LogP contribution in [0.2, 0.25) is 0 Å². The zero-order valence-corrected chi connectivity index (χ0v) is 8.60. The topological polar surface area (TPSA) is 17.1 Å². The number of ketones is 1. The minimum absolute atomic E-state index is 0.0793. The van der Waals surface area contributed by atoms with Gasteiger partial charge in [-0.05, 0) is 42.9 Å². The molecule has 72 valence electrons. The van der Waals surface area contributed by atoms with Crippen molar-refractivity contribution in [3.05, 3.63) is 0 Å². The van der Waals surface area contributed by atoms with Gasteiger partial charge < -0.3 is 0 Å². The van der Waals surface area contributed by atoms with E-state index in [-0.39, 0.29) is 5.41 Å². The molecule has 0 spiro atoms. The lowest BCUT2D eigenvalue weighted by atomic mass is 9.59. The molecule has 0 unspecified atom stereocenters. The maximum absolute atomic E-state index is 12.0. The second-order valence-electron chi connectivity index (χ2n) is 5.75. The standard InChI is InChI=1S/C12H18O/c1-11-6-5-10(13)12(11,2)9-4-3-8(11)7-9/h8-9H,3-7H2,1-2H3/t8-,9+,11-,12-/m1/s1. The van der Waals surface area contributed by atoms with Gasteiger partial charge in [0.25, 0.3) is 0 Å². The third-order valence-corrected chi connectivity index (χ3v) is 5.79. The molecule has 3 aliphatic carbocycles. The first-order chi connectivity index (χ1) is 6.09. The molecular weight excluding hydrogens is 160 g/mol. The van der Waals surface area contributed by atoms with Gasteiger partial charge in [0.2, 0.25) is 0 Å². The molecule has 3 rings (SSSR count). The maximum atomic E-state index is 12.0. The first-order valence-electron chi connectivity index (χ1n) is 5.62. The Morgan fingerprint density at radius 3 is 2.62 bits per heavy atom. The molecule has 3 aliphatic rings. The van der Waals surface area contributed by atoms with Crippen LogP contribution in [-0.4, -0.2) is 5.78 Å². The molecule has 3 fully saturated rings. The zero-order chi connectivity index (χ0) is 9.27. The van der Waals surface area contributed by atoms with E-state index in [1.54, 1.807) is 0 Å². The van der Waals surface area contributed by atoms with Crippen LogP contribution in [0, 0.1) is 22.7 Å². The predicted octanol–water partition coefficient (Wildman–Crippen LogP) is 2.79. The summed E-state index contributed by atoms with van der Waals surface area (Å²) in [6.07, 6.45) is 6.09. The van der Waals surface area contributed by atoms with E-state index in [0.717, 1.165) is 18.3 Å². The van der Waals surface area contributed by atoms with E-state index in [4.69, 9.17) is 0 Å². The maximum Gasteiger partial charge on any atom is 0.139 e. The third kappa shape index (κ3) is 0.628. The summed E-state index contributed by atoms with van der Waals surface area (Å²) in [7, 11) is 0. The monoisotopic (exact) mass is 178 g/mol. The summed E-state index contributed by atoms with van der Waals surface area (Å²) in [6.45, 7) is 4.63. The minimum Gasteiger partial charge on any atom is -0.299 e. The van der Waals surface area contributed by atoms with E-state index in [1.165, 1.54) is 25.7 Å². The first kappa shape index (κ1) is 8.02. The highest BCUT2D eigenvalue weighted by Crippen LogP contribution is 2.71. The summed E-state index contributed by atoms with van der Waals surface area (Å²) in [6, 6.07) is 0. The van der Waals surface area contributed by atoms with Gasteiger partial charge in [0.05, 0.1) is 0 Å². The average Bonchev–Trinajstić information content (AvgIpc) is 2.70. The van der Waals surface area contributed by atoms with Crippen molar-refractivity contribution >= 4 is 5.78 Å². The summed E-state index contributed by atoms with van der Waals surface area (Å²) in [5.74, 6) is 2.17. The smallest absolute Gasteiger partial charge is 0.139 e. The first-order valence-corrected chi connectivity index (χ1v) is 5.62. The largest absolute Gasteiger partial charge is 0.299 e. The van der Waals surface area contributed by atoms with E-state index in [1.807, 2.05) is 0 Å². The normalized spacial score (nSPS) is 58.8. The molecule has 0 aromatic heterocycles. The molecule has 0 aromatic carbocycles. The highest BCUT2D eigenvalue weighted by Gasteiger charge is 2.67. The molecule has 0 saturated heterocycles. The van der Waals surface area contributed by atoms with Crippen molar-refractivity contribution < 1.29 is 4.79 Å². The number of carbonyl (C=O) groups excluding carboxylic acids is 1. The van der Waals surface area contributed by atoms with Gasteiger partial charge >= 0.3 is 0 Å². The van der Waals surface area contributed by atoms with E-state index in [0.29, 0.717) is 11.2 Å². The number of fused-ring (bicyclic) bond motifs is 5. The van der Waals surface area contributed by atoms with Crippen LogP contribution in [0.15, 0.2) is 0 Å². The Hall–Kier alpha value is -0.330. The van der Waals surface area contributed by atoms with Crippen LogP contribution >= 0.6 is 0 Å². The fraction of sp³-hybridized carbons (Fsp3) is 0.917. The van der Waals surface area contributed by atoms with Gasteiger partial charge in [0.1, 0.15) is 5.78 Å². The van der Waals surface area contributed by atoms with Gasteiger partial charge in [0.15, 0.2) is 0 Å². The molecule has 1 heteroatoms. The fourth-order valence-electron chi connectivity index (χ4n) is 4.62. The Morgan fingerprint density at radius 1 is 1.23 bits per heavy atom. The lowest BCUT2D eigenvalue weighted by Crippen LogP contribution is -2.42. The van der Waals surface area contributed by atoms with Crippen molar-refractivity contribution in [2.24, 2.45) is 22.7 Å². The molecule has 0 N–H and O–H groups in total. The Balaban J connectivity index is 2.14. The fourth-order valence-corrected chi connectivity index (χ4v) is 4.62. The van der Waals surface area contributed by atoms with Crippen LogP contribution in [-0.2, 0) is 4.79 Å². The number of Topliss-reactive ketones (excluding diaryl/α,β-unsaturated/α-hetero) is 1. The highest BCUT2D eigenvalue weighted by molar-refractivity contribution is 5.89. The van der Waals surface area contributed by atoms with Gasteiger partial charge in [-0.2, -0.15) is 0 Å². The summed E-state index contributed by atoms with van der Waals surface area (Å²) < 4.78 is 0. The van der Waals surface area contributed by atoms with Crippen LogP contribution in [0.4, 0.5) is 0 Å². The van der Waals surface area contributed by atoms with Crippen molar-refractivity contribution in [3.8, 4) is 0 Å². The molecule has 0 heterocycles. The number of hydrogen-bond acceptors (Lipinski definition) is 1. The minimum atomic E-state index is 0.0793. The molecule has 0 aromatic rings. The van der Waals surface area contributed by atoms with E-state index < -0.39 is 0 Å². The summed E-state index contributed by atoms with van der Waals surface area (Å²) in [5.41, 5.74) is 0.461. The Bertz CT molecular complexity index is 283. The second-order valence-corrected chi connectivity index (χ2v) is 5.75. The molecular formula is C12H18O. The highest BCUT2D eigenvalue weighted by atomic mass is 16.1. The van der Waals surface area contributed by atoms with Crippen molar-refractivity contribution in [3.63, 3.8) is 0 Å². The predicted molar refractivity (Wildman–Crippen MR) is 51.3 cm³/mol. The molecule has 4 atom stereocenters. The molecule has 3 saturated carbocycles. The van der Waals surface area contributed by atoms with Crippen LogP contribution in [0.25, 0.3) is 0 Å². The van der Waals surface area contributed by atoms with Gasteiger partial charge in [-0.25, -0.2) is 0 Å². The zero-order valence-electron chi connectivity index (χ0n) is 8.60. The molecule has 0 aliphatic heterocycles. The van der Waals surface area contributed by atoms with Crippen molar-refractivity contribution in [1.82, 2.24) is 0 Å². The molecule has 2 bridgehead atoms. The second kappa shape index (κ2) is 2.02. The van der Waals surface area contributed by atoms with Crippen LogP contribution in [0.5, 0.6) is 0 Å². The van der Waals surface area contributed by atoms with Gasteiger partial charge in [-0.15, -0.1) is 0 Å². The van der Waals surface area contributed by atoms with Crippen LogP contribution < -0.4 is 0 Å². The molecule has 13 heavy (non-hydrogen) atoms. The van der Waals surface area contributed by atoms with Gasteiger partial charge in [-0.3, -0.25) is 4.79 Å². The van der Waals surface area contributed by atoms with E-state index >= 15 is 0 Å². The number of hydrogen-bond donors (Lipinski definition) is 0. The van der Waals surface area contributed by atoms with Crippen molar-refractivity contribution in [2.75, 3.05) is 0 Å². The average molecular weight is 178 g/mol. The summed E-state index contributed by atoms with van der Waals surface area (Å²) in [5, 5.41) is 0. The van der Waals surface area contributed by atoms with Crippen molar-refractivity contribution in [2.45, 2.75) is 46.0 Å². The SMILES string of the molecule is C[C@@]12C(=O)CC[C@]1(C)[C@@H]1CC[C@H]2C1. The lowest BCUT2D eigenvalue weighted by Gasteiger charge is -2.43. The van der Waals surface area contributed by atoms with Gasteiger partial charge in [-0.1, -0.05) is 13.8 Å². The Morgan fingerprint density at radius 2 is 1.92 bits per heavy atom. The summed E-state index contributed by atoms with van der Waals surface area (Å²) in [4.78, 5) is 12.0. The quantitative estimate of drug-likeness (QED) is 0.557. The van der Waals surface area contributed by atoms with Crippen LogP contribution in [0.1, 0.15) is 46.0 Å². The Kier molecular flexibility index (Phi) is 1.24. The van der Waals surface area contributed by atoms with Gasteiger partial charge in [0, 0.05) is 11.8 Å². The summed E-state index contributed by atoms with van der Waals surface area (Å²) >= 11 is 0. The van der Waals surface area contributed by atoms with Crippen LogP contribution in [0.3, 0.4) is 0 Å². The number of rotatable bonds is 0. The van der Waals surface area contributed by atoms with E-state index in [9.17, 15) is 4.79 Å². The molecule has 0 amide bonds. The van der Waals surface area contributed by atoms with Crippen molar-refractivity contribution in [1.29, 1.82) is 0 Å². The molecule has 0 radical (unpaired) electrons. The lowest BCUT2D eigenvalue weighted by molar-refractivity contribution is -0.131. The van der Waals surface area contributed by atoms with E-state index in [2.05, 4.69) is 13.8 Å². The third-order valence-electron chi connectivity index (χ3n) is 5.79. The number of carbonyl (C=O) groups is 1. The Labute approximate surface area is 79.9 Å². The molecule has 1 nitrogen and oxygen atoms in total.